The fraction of sp³-hybridized carbons (Fsp3) is 0.444. The number of guanidine groups is 1. The van der Waals surface area contributed by atoms with Crippen LogP contribution in [-0.4, -0.2) is 42.5 Å². The van der Waals surface area contributed by atoms with Crippen molar-refractivity contribution in [3.05, 3.63) is 52.5 Å². The van der Waals surface area contributed by atoms with Gasteiger partial charge < -0.3 is 10.6 Å². The van der Waals surface area contributed by atoms with Crippen LogP contribution in [0.1, 0.15) is 31.1 Å². The van der Waals surface area contributed by atoms with Gasteiger partial charge in [-0.25, -0.2) is 0 Å². The lowest BCUT2D eigenvalue weighted by Crippen LogP contribution is -2.43. The third-order valence-corrected chi connectivity index (χ3v) is 4.73. The zero-order valence-corrected chi connectivity index (χ0v) is 15.5. The zero-order chi connectivity index (χ0) is 17.2. The summed E-state index contributed by atoms with van der Waals surface area (Å²) in [6.45, 7) is 7.94. The molecule has 2 heterocycles. The molecule has 6 heteroatoms. The van der Waals surface area contributed by atoms with Crippen LogP contribution in [0.15, 0.2) is 46.2 Å². The van der Waals surface area contributed by atoms with Gasteiger partial charge in [0, 0.05) is 19.8 Å². The first-order chi connectivity index (χ1) is 11.8. The maximum absolute atomic E-state index is 4.32. The molecular weight excluding hydrogens is 318 g/mol. The van der Waals surface area contributed by atoms with Crippen LogP contribution in [0.5, 0.6) is 0 Å². The molecule has 5 nitrogen and oxygen atoms in total. The summed E-state index contributed by atoms with van der Waals surface area (Å²) >= 11 is 1.75. The number of nitrogens with one attached hydrogen (secondary N) is 2. The lowest BCUT2D eigenvalue weighted by atomic mass is 10.1. The Balaban J connectivity index is 1.94. The molecule has 0 fully saturated rings. The molecule has 1 atom stereocenters. The first kappa shape index (κ1) is 18.4. The zero-order valence-electron chi connectivity index (χ0n) is 14.7. The molecule has 0 saturated heterocycles. The average molecular weight is 346 g/mol. The Kier molecular flexibility index (Phi) is 7.71. The second kappa shape index (κ2) is 10.1. The Morgan fingerprint density at radius 2 is 2.08 bits per heavy atom. The van der Waals surface area contributed by atoms with Crippen molar-refractivity contribution in [1.29, 1.82) is 0 Å². The summed E-state index contributed by atoms with van der Waals surface area (Å²) in [6.07, 6.45) is 1.81. The molecule has 0 spiro atoms. The molecule has 0 aliphatic heterocycles. The van der Waals surface area contributed by atoms with Crippen LogP contribution < -0.4 is 10.6 Å². The predicted octanol–water partition coefficient (Wildman–Crippen LogP) is 2.89. The SMILES string of the molecule is CCN(CC)C(CNC(=NC)NCc1ccccn1)c1ccsc1. The molecule has 2 aromatic heterocycles. The molecule has 2 aromatic rings. The van der Waals surface area contributed by atoms with Crippen molar-refractivity contribution < 1.29 is 0 Å². The first-order valence-electron chi connectivity index (χ1n) is 8.39. The molecule has 0 aliphatic rings. The van der Waals surface area contributed by atoms with E-state index >= 15 is 0 Å². The van der Waals surface area contributed by atoms with E-state index < -0.39 is 0 Å². The largest absolute Gasteiger partial charge is 0.354 e. The van der Waals surface area contributed by atoms with Crippen LogP contribution in [0.2, 0.25) is 0 Å². The summed E-state index contributed by atoms with van der Waals surface area (Å²) in [4.78, 5) is 11.1. The van der Waals surface area contributed by atoms with Gasteiger partial charge in [0.25, 0.3) is 0 Å². The van der Waals surface area contributed by atoms with Gasteiger partial charge in [-0.05, 0) is 47.6 Å². The predicted molar refractivity (Wildman–Crippen MR) is 102 cm³/mol. The third kappa shape index (κ3) is 5.32. The highest BCUT2D eigenvalue weighted by atomic mass is 32.1. The summed E-state index contributed by atoms with van der Waals surface area (Å²) in [6, 6.07) is 8.47. The van der Waals surface area contributed by atoms with Gasteiger partial charge in [-0.2, -0.15) is 11.3 Å². The van der Waals surface area contributed by atoms with Crippen LogP contribution in [0.3, 0.4) is 0 Å². The number of aliphatic imine (C=N–C) groups is 1. The van der Waals surface area contributed by atoms with Crippen LogP contribution in [-0.2, 0) is 6.54 Å². The van der Waals surface area contributed by atoms with E-state index in [0.29, 0.717) is 12.6 Å². The lowest BCUT2D eigenvalue weighted by Gasteiger charge is -2.30. The van der Waals surface area contributed by atoms with E-state index in [1.165, 1.54) is 5.56 Å². The van der Waals surface area contributed by atoms with Gasteiger partial charge in [-0.3, -0.25) is 14.9 Å². The highest BCUT2D eigenvalue weighted by Crippen LogP contribution is 2.22. The Hall–Kier alpha value is -1.92. The van der Waals surface area contributed by atoms with Crippen LogP contribution in [0.4, 0.5) is 0 Å². The van der Waals surface area contributed by atoms with E-state index in [1.54, 1.807) is 24.6 Å². The minimum atomic E-state index is 0.347. The van der Waals surface area contributed by atoms with Crippen molar-refractivity contribution in [3.8, 4) is 0 Å². The molecular formula is C18H27N5S. The van der Waals surface area contributed by atoms with Crippen molar-refractivity contribution in [2.45, 2.75) is 26.4 Å². The molecule has 0 aromatic carbocycles. The van der Waals surface area contributed by atoms with Crippen molar-refractivity contribution >= 4 is 17.3 Å². The summed E-state index contributed by atoms with van der Waals surface area (Å²) < 4.78 is 0. The molecule has 0 bridgehead atoms. The number of likely N-dealkylation sites (N-methyl/N-ethyl adjacent to an activating group) is 1. The standard InChI is InChI=1S/C18H27N5S/c1-4-23(5-2)17(15-9-11-24-14-15)13-22-18(19-3)21-12-16-8-6-7-10-20-16/h6-11,14,17H,4-5,12-13H2,1-3H3,(H2,19,21,22). The molecule has 0 amide bonds. The number of hydrogen-bond acceptors (Lipinski definition) is 4. The summed E-state index contributed by atoms with van der Waals surface area (Å²) in [5.74, 6) is 0.799. The molecule has 130 valence electrons. The quantitative estimate of drug-likeness (QED) is 0.571. The summed E-state index contributed by atoms with van der Waals surface area (Å²) in [5.41, 5.74) is 2.36. The van der Waals surface area contributed by atoms with Gasteiger partial charge in [0.1, 0.15) is 0 Å². The van der Waals surface area contributed by atoms with Crippen LogP contribution in [0, 0.1) is 0 Å². The van der Waals surface area contributed by atoms with Gasteiger partial charge in [0.15, 0.2) is 5.96 Å². The van der Waals surface area contributed by atoms with Crippen LogP contribution >= 0.6 is 11.3 Å². The molecule has 0 radical (unpaired) electrons. The fourth-order valence-corrected chi connectivity index (χ4v) is 3.38. The smallest absolute Gasteiger partial charge is 0.191 e. The first-order valence-corrected chi connectivity index (χ1v) is 9.33. The Labute approximate surface area is 148 Å². The molecule has 0 saturated carbocycles. The molecule has 1 unspecified atom stereocenters. The number of aromatic nitrogens is 1. The maximum Gasteiger partial charge on any atom is 0.191 e. The van der Waals surface area contributed by atoms with Gasteiger partial charge in [-0.1, -0.05) is 19.9 Å². The maximum atomic E-state index is 4.32. The van der Waals surface area contributed by atoms with Gasteiger partial charge in [0.05, 0.1) is 18.3 Å². The number of pyridine rings is 1. The molecule has 2 rings (SSSR count). The van der Waals surface area contributed by atoms with Crippen LogP contribution in [0.25, 0.3) is 0 Å². The molecule has 0 aliphatic carbocycles. The lowest BCUT2D eigenvalue weighted by molar-refractivity contribution is 0.219. The minimum Gasteiger partial charge on any atom is -0.354 e. The van der Waals surface area contributed by atoms with E-state index in [-0.39, 0.29) is 0 Å². The third-order valence-electron chi connectivity index (χ3n) is 4.03. The Bertz CT molecular complexity index is 593. The average Bonchev–Trinajstić information content (AvgIpc) is 3.16. The van der Waals surface area contributed by atoms with E-state index in [1.807, 2.05) is 18.2 Å². The highest BCUT2D eigenvalue weighted by molar-refractivity contribution is 7.07. The molecule has 2 N–H and O–H groups in total. The Morgan fingerprint density at radius 3 is 2.67 bits per heavy atom. The number of rotatable bonds is 8. The van der Waals surface area contributed by atoms with Crippen molar-refractivity contribution in [2.75, 3.05) is 26.7 Å². The summed E-state index contributed by atoms with van der Waals surface area (Å²) in [5, 5.41) is 11.1. The topological polar surface area (TPSA) is 52.5 Å². The Morgan fingerprint density at radius 1 is 1.25 bits per heavy atom. The van der Waals surface area contributed by atoms with Gasteiger partial charge >= 0.3 is 0 Å². The second-order valence-corrected chi connectivity index (χ2v) is 6.20. The normalized spacial score (nSPS) is 13.1. The number of thiophene rings is 1. The minimum absolute atomic E-state index is 0.347. The second-order valence-electron chi connectivity index (χ2n) is 5.42. The highest BCUT2D eigenvalue weighted by Gasteiger charge is 2.18. The van der Waals surface area contributed by atoms with Crippen molar-refractivity contribution in [2.24, 2.45) is 4.99 Å². The fourth-order valence-electron chi connectivity index (χ4n) is 2.68. The monoisotopic (exact) mass is 345 g/mol. The van der Waals surface area contributed by atoms with Gasteiger partial charge in [-0.15, -0.1) is 0 Å². The number of hydrogen-bond donors (Lipinski definition) is 2. The van der Waals surface area contributed by atoms with E-state index in [2.05, 4.69) is 56.2 Å². The van der Waals surface area contributed by atoms with E-state index in [9.17, 15) is 0 Å². The van der Waals surface area contributed by atoms with E-state index in [0.717, 1.165) is 31.3 Å². The van der Waals surface area contributed by atoms with Gasteiger partial charge in [0.2, 0.25) is 0 Å². The van der Waals surface area contributed by atoms with E-state index in [4.69, 9.17) is 0 Å². The number of nitrogens with zero attached hydrogens (tertiary/aromatic N) is 3. The van der Waals surface area contributed by atoms with Crippen molar-refractivity contribution in [3.63, 3.8) is 0 Å². The molecule has 24 heavy (non-hydrogen) atoms. The summed E-state index contributed by atoms with van der Waals surface area (Å²) in [7, 11) is 1.80. The van der Waals surface area contributed by atoms with Crippen molar-refractivity contribution in [1.82, 2.24) is 20.5 Å².